The van der Waals surface area contributed by atoms with Gasteiger partial charge in [0.25, 0.3) is 0 Å². The summed E-state index contributed by atoms with van der Waals surface area (Å²) in [7, 11) is 2.14. The maximum atomic E-state index is 4.56. The highest BCUT2D eigenvalue weighted by molar-refractivity contribution is 5.77. The van der Waals surface area contributed by atoms with Crippen molar-refractivity contribution in [3.63, 3.8) is 0 Å². The van der Waals surface area contributed by atoms with Crippen molar-refractivity contribution >= 4 is 17.0 Å². The Labute approximate surface area is 131 Å². The van der Waals surface area contributed by atoms with Gasteiger partial charge < -0.3 is 15.2 Å². The molecule has 0 spiro atoms. The van der Waals surface area contributed by atoms with Gasteiger partial charge in [0, 0.05) is 19.1 Å². The minimum Gasteiger partial charge on any atom is -0.352 e. The molecule has 1 heterocycles. The van der Waals surface area contributed by atoms with Crippen molar-refractivity contribution < 1.29 is 0 Å². The predicted molar refractivity (Wildman–Crippen MR) is 92.0 cm³/mol. The highest BCUT2D eigenvalue weighted by Crippen LogP contribution is 2.14. The number of likely N-dealkylation sites (N-methyl/N-ethyl adjacent to an activating group) is 1. The Morgan fingerprint density at radius 1 is 1.09 bits per heavy atom. The van der Waals surface area contributed by atoms with Gasteiger partial charge in [-0.15, -0.1) is 0 Å². The second kappa shape index (κ2) is 6.62. The molecule has 22 heavy (non-hydrogen) atoms. The third-order valence-corrected chi connectivity index (χ3v) is 3.65. The fourth-order valence-corrected chi connectivity index (χ4v) is 2.73. The largest absolute Gasteiger partial charge is 0.352 e. The molecule has 3 rings (SSSR count). The van der Waals surface area contributed by atoms with Crippen LogP contribution in [0, 0.1) is 0 Å². The highest BCUT2D eigenvalue weighted by atomic mass is 15.2. The number of imidazole rings is 1. The predicted octanol–water partition coefficient (Wildman–Crippen LogP) is 3.50. The molecule has 114 valence electrons. The van der Waals surface area contributed by atoms with Crippen LogP contribution in [0.1, 0.15) is 12.5 Å². The van der Waals surface area contributed by atoms with Gasteiger partial charge in [-0.1, -0.05) is 42.5 Å². The van der Waals surface area contributed by atoms with E-state index < -0.39 is 0 Å². The SMILES string of the molecule is CC(CN(C)Cc1ccccc1)Nc1nc2ccccc2[nH]1. The number of nitrogens with zero attached hydrogens (tertiary/aromatic N) is 2. The average Bonchev–Trinajstić information content (AvgIpc) is 2.89. The molecule has 0 radical (unpaired) electrons. The summed E-state index contributed by atoms with van der Waals surface area (Å²) in [6, 6.07) is 18.9. The number of aromatic nitrogens is 2. The fraction of sp³-hybridized carbons (Fsp3) is 0.278. The zero-order chi connectivity index (χ0) is 15.4. The summed E-state index contributed by atoms with van der Waals surface area (Å²) in [6.07, 6.45) is 0. The number of hydrogen-bond acceptors (Lipinski definition) is 3. The van der Waals surface area contributed by atoms with Gasteiger partial charge in [0.1, 0.15) is 0 Å². The molecular weight excluding hydrogens is 272 g/mol. The smallest absolute Gasteiger partial charge is 0.201 e. The minimum atomic E-state index is 0.314. The van der Waals surface area contributed by atoms with Crippen LogP contribution < -0.4 is 5.32 Å². The Morgan fingerprint density at radius 3 is 2.59 bits per heavy atom. The molecule has 4 nitrogen and oxygen atoms in total. The Hall–Kier alpha value is -2.33. The zero-order valence-corrected chi connectivity index (χ0v) is 13.1. The number of H-pyrrole nitrogens is 1. The number of hydrogen-bond donors (Lipinski definition) is 2. The van der Waals surface area contributed by atoms with Crippen molar-refractivity contribution in [2.24, 2.45) is 0 Å². The maximum absolute atomic E-state index is 4.56. The molecule has 1 unspecified atom stereocenters. The van der Waals surface area contributed by atoms with Crippen molar-refractivity contribution in [1.82, 2.24) is 14.9 Å². The lowest BCUT2D eigenvalue weighted by Crippen LogP contribution is -2.32. The highest BCUT2D eigenvalue weighted by Gasteiger charge is 2.09. The molecular formula is C18H22N4. The van der Waals surface area contributed by atoms with E-state index in [1.165, 1.54) is 5.56 Å². The molecule has 3 aromatic rings. The van der Waals surface area contributed by atoms with E-state index in [0.717, 1.165) is 30.1 Å². The van der Waals surface area contributed by atoms with Crippen LogP contribution in [0.25, 0.3) is 11.0 Å². The summed E-state index contributed by atoms with van der Waals surface area (Å²) < 4.78 is 0. The van der Waals surface area contributed by atoms with E-state index in [9.17, 15) is 0 Å². The van der Waals surface area contributed by atoms with Crippen molar-refractivity contribution in [3.05, 3.63) is 60.2 Å². The first kappa shape index (κ1) is 14.6. The number of nitrogens with one attached hydrogen (secondary N) is 2. The number of benzene rings is 2. The van der Waals surface area contributed by atoms with Gasteiger partial charge in [-0.05, 0) is 31.7 Å². The molecule has 1 atom stereocenters. The molecule has 1 aromatic heterocycles. The van der Waals surface area contributed by atoms with Gasteiger partial charge in [0.2, 0.25) is 5.95 Å². The normalized spacial score (nSPS) is 12.7. The molecule has 0 aliphatic rings. The first-order chi connectivity index (χ1) is 10.7. The molecule has 0 amide bonds. The summed E-state index contributed by atoms with van der Waals surface area (Å²) in [6.45, 7) is 4.08. The van der Waals surface area contributed by atoms with Gasteiger partial charge in [-0.25, -0.2) is 4.98 Å². The summed E-state index contributed by atoms with van der Waals surface area (Å²) in [5.74, 6) is 0.835. The first-order valence-corrected chi connectivity index (χ1v) is 7.64. The van der Waals surface area contributed by atoms with E-state index in [4.69, 9.17) is 0 Å². The summed E-state index contributed by atoms with van der Waals surface area (Å²) in [4.78, 5) is 10.2. The van der Waals surface area contributed by atoms with Crippen molar-refractivity contribution in [2.75, 3.05) is 18.9 Å². The van der Waals surface area contributed by atoms with Crippen LogP contribution in [-0.4, -0.2) is 34.5 Å². The number of aromatic amines is 1. The topological polar surface area (TPSA) is 44.0 Å². The van der Waals surface area contributed by atoms with Gasteiger partial charge in [-0.2, -0.15) is 0 Å². The maximum Gasteiger partial charge on any atom is 0.201 e. The van der Waals surface area contributed by atoms with Gasteiger partial charge in [0.15, 0.2) is 0 Å². The van der Waals surface area contributed by atoms with Crippen molar-refractivity contribution in [2.45, 2.75) is 19.5 Å². The molecule has 4 heteroatoms. The molecule has 0 bridgehead atoms. The molecule has 0 aliphatic heterocycles. The summed E-state index contributed by atoms with van der Waals surface area (Å²) in [5.41, 5.74) is 3.39. The first-order valence-electron chi connectivity index (χ1n) is 7.64. The lowest BCUT2D eigenvalue weighted by atomic mass is 10.2. The van der Waals surface area contributed by atoms with Gasteiger partial charge >= 0.3 is 0 Å². The summed E-state index contributed by atoms with van der Waals surface area (Å²) in [5, 5.41) is 3.44. The van der Waals surface area contributed by atoms with E-state index in [1.54, 1.807) is 0 Å². The van der Waals surface area contributed by atoms with Gasteiger partial charge in [0.05, 0.1) is 11.0 Å². The van der Waals surface area contributed by atoms with E-state index >= 15 is 0 Å². The Bertz CT molecular complexity index is 687. The van der Waals surface area contributed by atoms with Crippen molar-refractivity contribution in [3.8, 4) is 0 Å². The number of para-hydroxylation sites is 2. The Balaban J connectivity index is 1.56. The second-order valence-corrected chi connectivity index (χ2v) is 5.83. The second-order valence-electron chi connectivity index (χ2n) is 5.83. The minimum absolute atomic E-state index is 0.314. The van der Waals surface area contributed by atoms with Crippen LogP contribution >= 0.6 is 0 Å². The number of rotatable bonds is 6. The van der Waals surface area contributed by atoms with Crippen LogP contribution in [0.2, 0.25) is 0 Å². The third kappa shape index (κ3) is 3.65. The molecule has 2 aromatic carbocycles. The molecule has 0 saturated carbocycles. The number of fused-ring (bicyclic) bond motifs is 1. The van der Waals surface area contributed by atoms with Crippen LogP contribution in [0.4, 0.5) is 5.95 Å². The molecule has 0 fully saturated rings. The lowest BCUT2D eigenvalue weighted by Gasteiger charge is -2.22. The molecule has 2 N–H and O–H groups in total. The Kier molecular flexibility index (Phi) is 4.39. The summed E-state index contributed by atoms with van der Waals surface area (Å²) >= 11 is 0. The van der Waals surface area contributed by atoms with Crippen molar-refractivity contribution in [1.29, 1.82) is 0 Å². The fourth-order valence-electron chi connectivity index (χ4n) is 2.73. The average molecular weight is 294 g/mol. The Morgan fingerprint density at radius 2 is 1.82 bits per heavy atom. The molecule has 0 aliphatic carbocycles. The number of anilines is 1. The third-order valence-electron chi connectivity index (χ3n) is 3.65. The van der Waals surface area contributed by atoms with Gasteiger partial charge in [-0.3, -0.25) is 0 Å². The molecule has 0 saturated heterocycles. The lowest BCUT2D eigenvalue weighted by molar-refractivity contribution is 0.316. The van der Waals surface area contributed by atoms with E-state index in [2.05, 4.69) is 64.5 Å². The standard InChI is InChI=1S/C18H22N4/c1-14(12-22(2)13-15-8-4-3-5-9-15)19-18-20-16-10-6-7-11-17(16)21-18/h3-11,14H,12-13H2,1-2H3,(H2,19,20,21). The van der Waals surface area contributed by atoms with Crippen LogP contribution in [0.15, 0.2) is 54.6 Å². The van der Waals surface area contributed by atoms with Crippen LogP contribution in [0.5, 0.6) is 0 Å². The monoisotopic (exact) mass is 294 g/mol. The zero-order valence-electron chi connectivity index (χ0n) is 13.1. The van der Waals surface area contributed by atoms with Crippen LogP contribution in [-0.2, 0) is 6.54 Å². The van der Waals surface area contributed by atoms with Crippen LogP contribution in [0.3, 0.4) is 0 Å². The quantitative estimate of drug-likeness (QED) is 0.731. The van der Waals surface area contributed by atoms with E-state index in [0.29, 0.717) is 6.04 Å². The van der Waals surface area contributed by atoms with E-state index in [1.807, 2.05) is 24.3 Å². The van der Waals surface area contributed by atoms with E-state index in [-0.39, 0.29) is 0 Å².